The Bertz CT molecular complexity index is 647. The fourth-order valence-corrected chi connectivity index (χ4v) is 2.70. The highest BCUT2D eigenvalue weighted by atomic mass is 16.2. The lowest BCUT2D eigenvalue weighted by molar-refractivity contribution is -0.555. The number of imide groups is 1. The van der Waals surface area contributed by atoms with Gasteiger partial charge in [0.05, 0.1) is 5.71 Å². The van der Waals surface area contributed by atoms with Crippen molar-refractivity contribution in [2.24, 2.45) is 10.1 Å². The van der Waals surface area contributed by atoms with Crippen LogP contribution in [-0.2, 0) is 4.79 Å². The standard InChI is InChI=1S/C13H16N6O2/c1-5-6-18-11(20)9-10(17(4)13(18)21)14-12-16-15-7(2)8(3)19(9)12/h5,8-9H,1,6H2,2-4H3/p+1. The second-order valence-corrected chi connectivity index (χ2v) is 5.22. The van der Waals surface area contributed by atoms with Crippen LogP contribution in [0.4, 0.5) is 4.79 Å². The van der Waals surface area contributed by atoms with Crippen LogP contribution in [-0.4, -0.2) is 69.5 Å². The molecular weight excluding hydrogens is 272 g/mol. The van der Waals surface area contributed by atoms with Gasteiger partial charge < -0.3 is 0 Å². The maximum atomic E-state index is 12.7. The summed E-state index contributed by atoms with van der Waals surface area (Å²) < 4.78 is 1.86. The summed E-state index contributed by atoms with van der Waals surface area (Å²) >= 11 is 0. The van der Waals surface area contributed by atoms with E-state index >= 15 is 0 Å². The normalized spacial score (nSPS) is 28.0. The van der Waals surface area contributed by atoms with Crippen molar-refractivity contribution >= 4 is 29.4 Å². The minimum absolute atomic E-state index is 0.0661. The van der Waals surface area contributed by atoms with Crippen LogP contribution in [0.1, 0.15) is 13.8 Å². The van der Waals surface area contributed by atoms with E-state index in [9.17, 15) is 9.59 Å². The van der Waals surface area contributed by atoms with Crippen molar-refractivity contribution in [3.8, 4) is 0 Å². The summed E-state index contributed by atoms with van der Waals surface area (Å²) in [5.41, 5.74) is 3.69. The van der Waals surface area contributed by atoms with E-state index in [0.717, 1.165) is 5.71 Å². The molecule has 0 radical (unpaired) electrons. The van der Waals surface area contributed by atoms with Crippen molar-refractivity contribution in [1.82, 2.24) is 15.2 Å². The van der Waals surface area contributed by atoms with Gasteiger partial charge in [0.2, 0.25) is 11.9 Å². The Morgan fingerprint density at radius 1 is 1.48 bits per heavy atom. The fraction of sp³-hybridized carbons (Fsp3) is 0.462. The monoisotopic (exact) mass is 289 g/mol. The average molecular weight is 289 g/mol. The van der Waals surface area contributed by atoms with Crippen molar-refractivity contribution in [2.75, 3.05) is 13.6 Å². The van der Waals surface area contributed by atoms with E-state index in [1.54, 1.807) is 7.05 Å². The summed E-state index contributed by atoms with van der Waals surface area (Å²) in [6, 6.07) is -1.06. The summed E-state index contributed by atoms with van der Waals surface area (Å²) in [5.74, 6) is 0.654. The van der Waals surface area contributed by atoms with Crippen LogP contribution >= 0.6 is 0 Å². The lowest BCUT2D eigenvalue weighted by atomic mass is 10.1. The quantitative estimate of drug-likeness (QED) is 0.554. The second-order valence-electron chi connectivity index (χ2n) is 5.22. The van der Waals surface area contributed by atoms with Crippen LogP contribution in [0.15, 0.2) is 22.7 Å². The molecule has 8 heteroatoms. The smallest absolute Gasteiger partial charge is 0.270 e. The van der Waals surface area contributed by atoms with Gasteiger partial charge in [0.15, 0.2) is 0 Å². The molecule has 1 saturated heterocycles. The van der Waals surface area contributed by atoms with Gasteiger partial charge in [-0.2, -0.15) is 5.43 Å². The lowest BCUT2D eigenvalue weighted by Crippen LogP contribution is -2.64. The Labute approximate surface area is 122 Å². The number of nitrogens with zero attached hydrogens (tertiary/aromatic N) is 5. The Hall–Kier alpha value is -2.51. The first-order valence-electron chi connectivity index (χ1n) is 6.71. The number of hydrogen-bond acceptors (Lipinski definition) is 5. The van der Waals surface area contributed by atoms with E-state index in [-0.39, 0.29) is 24.5 Å². The highest BCUT2D eigenvalue weighted by Crippen LogP contribution is 2.22. The molecule has 0 aliphatic carbocycles. The molecule has 3 amide bonds. The van der Waals surface area contributed by atoms with Crippen molar-refractivity contribution in [3.05, 3.63) is 12.7 Å². The molecule has 3 aliphatic rings. The number of urea groups is 1. The van der Waals surface area contributed by atoms with Crippen LogP contribution in [0.25, 0.3) is 0 Å². The molecule has 2 unspecified atom stereocenters. The molecule has 1 fully saturated rings. The Kier molecular flexibility index (Phi) is 2.89. The highest BCUT2D eigenvalue weighted by molar-refractivity contribution is 6.23. The molecule has 0 bridgehead atoms. The third kappa shape index (κ3) is 1.71. The van der Waals surface area contributed by atoms with Crippen LogP contribution in [0.2, 0.25) is 0 Å². The van der Waals surface area contributed by atoms with E-state index in [4.69, 9.17) is 0 Å². The average Bonchev–Trinajstić information content (AvgIpc) is 2.85. The highest BCUT2D eigenvalue weighted by Gasteiger charge is 2.54. The molecule has 0 aromatic heterocycles. The molecule has 3 heterocycles. The topological polar surface area (TPSA) is 80.4 Å². The van der Waals surface area contributed by atoms with Crippen LogP contribution < -0.4 is 5.43 Å². The number of amidine groups is 1. The Morgan fingerprint density at radius 2 is 2.19 bits per heavy atom. The SMILES string of the molecule is C=CCN1C(=O)C2C(=NC3=[N+]2C(C)C(C)=NN3)N(C)C1=O. The van der Waals surface area contributed by atoms with Crippen molar-refractivity contribution in [1.29, 1.82) is 0 Å². The predicted molar refractivity (Wildman–Crippen MR) is 77.3 cm³/mol. The zero-order chi connectivity index (χ0) is 15.3. The van der Waals surface area contributed by atoms with Gasteiger partial charge in [0.25, 0.3) is 5.91 Å². The molecule has 2 atom stereocenters. The number of carbonyl (C=O) groups is 2. The summed E-state index contributed by atoms with van der Waals surface area (Å²) in [6.07, 6.45) is 1.54. The number of rotatable bonds is 2. The van der Waals surface area contributed by atoms with Gasteiger partial charge in [0.1, 0.15) is 6.04 Å². The van der Waals surface area contributed by atoms with Gasteiger partial charge in [0, 0.05) is 13.6 Å². The number of nitrogens with one attached hydrogen (secondary N) is 1. The van der Waals surface area contributed by atoms with Gasteiger partial charge >= 0.3 is 12.0 Å². The Balaban J connectivity index is 2.04. The molecule has 0 aromatic carbocycles. The van der Waals surface area contributed by atoms with E-state index in [1.807, 2.05) is 18.4 Å². The minimum Gasteiger partial charge on any atom is -0.270 e. The third-order valence-electron chi connectivity index (χ3n) is 4.01. The number of fused-ring (bicyclic) bond motifs is 2. The Morgan fingerprint density at radius 3 is 2.86 bits per heavy atom. The number of amides is 3. The maximum Gasteiger partial charge on any atom is 0.414 e. The summed E-state index contributed by atoms with van der Waals surface area (Å²) in [4.78, 5) is 31.9. The van der Waals surface area contributed by atoms with Gasteiger partial charge in [-0.15, -0.1) is 11.7 Å². The van der Waals surface area contributed by atoms with Crippen LogP contribution in [0.5, 0.6) is 0 Å². The summed E-state index contributed by atoms with van der Waals surface area (Å²) in [6.45, 7) is 7.62. The van der Waals surface area contributed by atoms with E-state index < -0.39 is 6.04 Å². The number of likely N-dealkylation sites (N-methyl/N-ethyl adjacent to an activating group) is 1. The number of aliphatic imine (C=N–C) groups is 1. The van der Waals surface area contributed by atoms with Crippen LogP contribution in [0.3, 0.4) is 0 Å². The van der Waals surface area contributed by atoms with Gasteiger partial charge in [-0.05, 0) is 13.8 Å². The maximum absolute atomic E-state index is 12.7. The number of hydrogen-bond donors (Lipinski definition) is 1. The van der Waals surface area contributed by atoms with Crippen molar-refractivity contribution in [2.45, 2.75) is 25.9 Å². The molecule has 1 N–H and O–H groups in total. The number of guanidine groups is 1. The fourth-order valence-electron chi connectivity index (χ4n) is 2.70. The number of hydrazone groups is 1. The minimum atomic E-state index is -0.601. The zero-order valence-electron chi connectivity index (χ0n) is 12.2. The first-order valence-corrected chi connectivity index (χ1v) is 6.71. The van der Waals surface area contributed by atoms with E-state index in [0.29, 0.717) is 11.8 Å². The van der Waals surface area contributed by atoms with Gasteiger partial charge in [-0.3, -0.25) is 14.6 Å². The zero-order valence-corrected chi connectivity index (χ0v) is 12.2. The third-order valence-corrected chi connectivity index (χ3v) is 4.01. The first kappa shape index (κ1) is 13.5. The number of carbonyl (C=O) groups excluding carboxylic acids is 2. The molecule has 21 heavy (non-hydrogen) atoms. The molecule has 0 saturated carbocycles. The lowest BCUT2D eigenvalue weighted by Gasteiger charge is -2.34. The van der Waals surface area contributed by atoms with Crippen molar-refractivity contribution in [3.63, 3.8) is 0 Å². The second kappa shape index (κ2) is 4.51. The van der Waals surface area contributed by atoms with E-state index in [2.05, 4.69) is 22.1 Å². The van der Waals surface area contributed by atoms with Crippen molar-refractivity contribution < 1.29 is 14.2 Å². The first-order chi connectivity index (χ1) is 9.97. The van der Waals surface area contributed by atoms with Crippen LogP contribution in [0, 0.1) is 0 Å². The predicted octanol–water partition coefficient (Wildman–Crippen LogP) is -0.417. The molecule has 0 aromatic rings. The van der Waals surface area contributed by atoms with E-state index in [1.165, 1.54) is 15.9 Å². The molecule has 3 rings (SSSR count). The summed E-state index contributed by atoms with van der Waals surface area (Å²) in [5, 5.41) is 4.17. The molecule has 0 spiro atoms. The van der Waals surface area contributed by atoms with Gasteiger partial charge in [-0.25, -0.2) is 9.37 Å². The van der Waals surface area contributed by atoms with Gasteiger partial charge in [-0.1, -0.05) is 11.1 Å². The molecular formula is C13H17N6O2+. The molecule has 110 valence electrons. The largest absolute Gasteiger partial charge is 0.414 e. The molecule has 3 aliphatic heterocycles. The molecule has 8 nitrogen and oxygen atoms in total. The summed E-state index contributed by atoms with van der Waals surface area (Å²) in [7, 11) is 1.62.